The monoisotopic (exact) mass is 232 g/mol. The molecule has 1 aromatic rings. The number of halogens is 3. The van der Waals surface area contributed by atoms with Crippen molar-refractivity contribution in [3.05, 3.63) is 35.9 Å². The average Bonchev–Trinajstić information content (AvgIpc) is 2.17. The van der Waals surface area contributed by atoms with Crippen LogP contribution in [0.1, 0.15) is 25.3 Å². The van der Waals surface area contributed by atoms with Crippen LogP contribution in [0.5, 0.6) is 0 Å². The molecule has 0 bridgehead atoms. The predicted octanol–water partition coefficient (Wildman–Crippen LogP) is 3.35. The van der Waals surface area contributed by atoms with Gasteiger partial charge in [0.2, 0.25) is 0 Å². The van der Waals surface area contributed by atoms with Gasteiger partial charge in [0.15, 0.2) is 0 Å². The molecule has 16 heavy (non-hydrogen) atoms. The Morgan fingerprint density at radius 1 is 1.06 bits per heavy atom. The second kappa shape index (κ2) is 4.87. The van der Waals surface area contributed by atoms with E-state index in [4.69, 9.17) is 0 Å². The van der Waals surface area contributed by atoms with Gasteiger partial charge in [0.25, 0.3) is 0 Å². The van der Waals surface area contributed by atoms with Gasteiger partial charge >= 0.3 is 6.18 Å². The van der Waals surface area contributed by atoms with Crippen molar-refractivity contribution < 1.29 is 18.3 Å². The molecule has 0 aliphatic carbocycles. The van der Waals surface area contributed by atoms with Gasteiger partial charge in [-0.05, 0) is 11.5 Å². The van der Waals surface area contributed by atoms with E-state index in [1.165, 1.54) is 12.1 Å². The van der Waals surface area contributed by atoms with Crippen LogP contribution in [0.25, 0.3) is 0 Å². The van der Waals surface area contributed by atoms with Gasteiger partial charge < -0.3 is 5.11 Å². The van der Waals surface area contributed by atoms with Crippen LogP contribution in [0.4, 0.5) is 13.2 Å². The van der Waals surface area contributed by atoms with Crippen molar-refractivity contribution in [2.45, 2.75) is 32.0 Å². The third kappa shape index (κ3) is 2.98. The maximum Gasteiger partial charge on any atom is 0.398 e. The Morgan fingerprint density at radius 2 is 1.56 bits per heavy atom. The first-order chi connectivity index (χ1) is 7.34. The molecule has 0 aromatic heterocycles. The molecule has 0 amide bonds. The van der Waals surface area contributed by atoms with Crippen molar-refractivity contribution in [2.24, 2.45) is 5.92 Å². The molecule has 1 aromatic carbocycles. The fraction of sp³-hybridized carbons (Fsp3) is 0.500. The minimum absolute atomic E-state index is 0.108. The summed E-state index contributed by atoms with van der Waals surface area (Å²) >= 11 is 0. The van der Waals surface area contributed by atoms with Crippen molar-refractivity contribution in [1.82, 2.24) is 0 Å². The summed E-state index contributed by atoms with van der Waals surface area (Å²) in [6, 6.07) is 7.52. The van der Waals surface area contributed by atoms with Gasteiger partial charge in [-0.25, -0.2) is 0 Å². The van der Waals surface area contributed by atoms with E-state index in [0.29, 0.717) is 0 Å². The molecule has 1 N–H and O–H groups in total. The van der Waals surface area contributed by atoms with Crippen LogP contribution < -0.4 is 0 Å². The first-order valence-electron chi connectivity index (χ1n) is 5.13. The Hall–Kier alpha value is -1.03. The highest BCUT2D eigenvalue weighted by Crippen LogP contribution is 2.39. The number of alkyl halides is 3. The average molecular weight is 232 g/mol. The van der Waals surface area contributed by atoms with Crippen molar-refractivity contribution in [1.29, 1.82) is 0 Å². The van der Waals surface area contributed by atoms with Gasteiger partial charge in [-0.3, -0.25) is 0 Å². The van der Waals surface area contributed by atoms with Crippen LogP contribution in [0, 0.1) is 5.92 Å². The topological polar surface area (TPSA) is 20.2 Å². The van der Waals surface area contributed by atoms with Crippen molar-refractivity contribution >= 4 is 0 Å². The van der Waals surface area contributed by atoms with E-state index in [-0.39, 0.29) is 5.56 Å². The summed E-state index contributed by atoms with van der Waals surface area (Å²) in [7, 11) is 0. The van der Waals surface area contributed by atoms with Crippen LogP contribution >= 0.6 is 0 Å². The molecule has 0 saturated heterocycles. The van der Waals surface area contributed by atoms with Crippen molar-refractivity contribution in [3.8, 4) is 0 Å². The third-order valence-electron chi connectivity index (χ3n) is 2.54. The molecule has 1 rings (SSSR count). The van der Waals surface area contributed by atoms with Gasteiger partial charge in [-0.2, -0.15) is 13.2 Å². The van der Waals surface area contributed by atoms with E-state index in [2.05, 4.69) is 0 Å². The molecule has 0 aliphatic rings. The molecule has 0 saturated carbocycles. The van der Waals surface area contributed by atoms with Crippen LogP contribution in [-0.2, 0) is 0 Å². The van der Waals surface area contributed by atoms with E-state index >= 15 is 0 Å². The standard InChI is InChI=1S/C12H15F3O/c1-8(2)11(16)10(12(13,14)15)9-6-4-3-5-7-9/h3-8,10-11,16H,1-2H3/t10?,11-/m1/s1. The van der Waals surface area contributed by atoms with E-state index in [0.717, 1.165) is 0 Å². The zero-order valence-corrected chi connectivity index (χ0v) is 9.20. The minimum Gasteiger partial charge on any atom is -0.392 e. The van der Waals surface area contributed by atoms with E-state index in [1.807, 2.05) is 0 Å². The normalized spacial score (nSPS) is 16.2. The highest BCUT2D eigenvalue weighted by Gasteiger charge is 2.45. The molecule has 0 radical (unpaired) electrons. The first-order valence-corrected chi connectivity index (χ1v) is 5.13. The van der Waals surface area contributed by atoms with E-state index < -0.39 is 24.1 Å². The summed E-state index contributed by atoms with van der Waals surface area (Å²) in [5.41, 5.74) is 0.108. The largest absolute Gasteiger partial charge is 0.398 e. The lowest BCUT2D eigenvalue weighted by atomic mass is 9.87. The summed E-state index contributed by atoms with van der Waals surface area (Å²) in [4.78, 5) is 0. The second-order valence-corrected chi connectivity index (χ2v) is 4.16. The maximum absolute atomic E-state index is 12.9. The molecule has 90 valence electrons. The molecule has 0 aliphatic heterocycles. The first kappa shape index (κ1) is 13.0. The van der Waals surface area contributed by atoms with Crippen molar-refractivity contribution in [2.75, 3.05) is 0 Å². The van der Waals surface area contributed by atoms with Gasteiger partial charge in [0, 0.05) is 0 Å². The molecule has 2 atom stereocenters. The van der Waals surface area contributed by atoms with Gasteiger partial charge in [0.1, 0.15) is 5.92 Å². The number of hydrogen-bond acceptors (Lipinski definition) is 1. The Morgan fingerprint density at radius 3 is 1.94 bits per heavy atom. The number of hydrogen-bond donors (Lipinski definition) is 1. The Kier molecular flexibility index (Phi) is 3.97. The predicted molar refractivity (Wildman–Crippen MR) is 56.1 cm³/mol. The number of benzene rings is 1. The van der Waals surface area contributed by atoms with Crippen molar-refractivity contribution in [3.63, 3.8) is 0 Å². The van der Waals surface area contributed by atoms with Gasteiger partial charge in [-0.1, -0.05) is 44.2 Å². The highest BCUT2D eigenvalue weighted by atomic mass is 19.4. The summed E-state index contributed by atoms with van der Waals surface area (Å²) < 4.78 is 38.6. The molecule has 0 heterocycles. The van der Waals surface area contributed by atoms with E-state index in [1.54, 1.807) is 32.0 Å². The highest BCUT2D eigenvalue weighted by molar-refractivity contribution is 5.22. The molecule has 1 nitrogen and oxygen atoms in total. The van der Waals surface area contributed by atoms with Crippen LogP contribution in [0.2, 0.25) is 0 Å². The molecule has 0 spiro atoms. The fourth-order valence-electron chi connectivity index (χ4n) is 1.63. The SMILES string of the molecule is CC(C)[C@@H](O)C(c1ccccc1)C(F)(F)F. The lowest BCUT2D eigenvalue weighted by molar-refractivity contribution is -0.177. The van der Waals surface area contributed by atoms with Crippen LogP contribution in [0.3, 0.4) is 0 Å². The summed E-state index contributed by atoms with van der Waals surface area (Å²) in [6.07, 6.45) is -5.84. The number of aliphatic hydroxyl groups excluding tert-OH is 1. The Bertz CT molecular complexity index is 319. The molecular weight excluding hydrogens is 217 g/mol. The Labute approximate surface area is 92.9 Å². The summed E-state index contributed by atoms with van der Waals surface area (Å²) in [5.74, 6) is -2.25. The zero-order chi connectivity index (χ0) is 12.3. The fourth-order valence-corrected chi connectivity index (χ4v) is 1.63. The number of rotatable bonds is 3. The third-order valence-corrected chi connectivity index (χ3v) is 2.54. The van der Waals surface area contributed by atoms with Crippen LogP contribution in [0.15, 0.2) is 30.3 Å². The van der Waals surface area contributed by atoms with Gasteiger partial charge in [-0.15, -0.1) is 0 Å². The molecule has 0 fully saturated rings. The quantitative estimate of drug-likeness (QED) is 0.847. The summed E-state index contributed by atoms with van der Waals surface area (Å²) in [5, 5.41) is 9.66. The second-order valence-electron chi connectivity index (χ2n) is 4.16. The molecular formula is C12H15F3O. The zero-order valence-electron chi connectivity index (χ0n) is 9.20. The summed E-state index contributed by atoms with van der Waals surface area (Å²) in [6.45, 7) is 3.15. The van der Waals surface area contributed by atoms with Crippen LogP contribution in [-0.4, -0.2) is 17.4 Å². The lowest BCUT2D eigenvalue weighted by Gasteiger charge is -2.28. The minimum atomic E-state index is -4.43. The smallest absolute Gasteiger partial charge is 0.392 e. The van der Waals surface area contributed by atoms with Gasteiger partial charge in [0.05, 0.1) is 6.10 Å². The molecule has 4 heteroatoms. The Balaban J connectivity index is 3.07. The van der Waals surface area contributed by atoms with E-state index in [9.17, 15) is 18.3 Å². The maximum atomic E-state index is 12.9. The number of aliphatic hydroxyl groups is 1. The molecule has 1 unspecified atom stereocenters. The lowest BCUT2D eigenvalue weighted by Crippen LogP contribution is -2.35.